The molecule has 6 rings (SSSR count). The third kappa shape index (κ3) is 3.43. The maximum Gasteiger partial charge on any atom is 0.228 e. The second kappa shape index (κ2) is 7.80. The highest BCUT2D eigenvalue weighted by Gasteiger charge is 2.48. The van der Waals surface area contributed by atoms with E-state index in [1.54, 1.807) is 11.2 Å². The van der Waals surface area contributed by atoms with Gasteiger partial charge in [0.15, 0.2) is 0 Å². The maximum atomic E-state index is 13.7. The molecule has 4 aliphatic heterocycles. The predicted molar refractivity (Wildman–Crippen MR) is 116 cm³/mol. The fourth-order valence-electron chi connectivity index (χ4n) is 7.14. The van der Waals surface area contributed by atoms with E-state index in [0.29, 0.717) is 31.3 Å². The van der Waals surface area contributed by atoms with E-state index in [2.05, 4.69) is 15.9 Å². The van der Waals surface area contributed by atoms with Crippen LogP contribution in [0.3, 0.4) is 0 Å². The predicted octanol–water partition coefficient (Wildman–Crippen LogP) is 3.05. The lowest BCUT2D eigenvalue weighted by Gasteiger charge is -2.55. The number of fused-ring (bicyclic) bond motifs is 6. The molecule has 166 valence electrons. The van der Waals surface area contributed by atoms with Crippen LogP contribution in [-0.2, 0) is 16.1 Å². The van der Waals surface area contributed by atoms with Crippen molar-refractivity contribution < 1.29 is 14.0 Å². The standard InChI is InChI=1S/C25H33N3O3/c29-23-13-20(15-27(23)16-21-6-4-10-31-21)25(30)28-9-3-5-17-11-18-12-19(24(17)28)14-26-8-2-1-7-22(18)26/h4,6,10-11,18-20,22,24H,1-3,5,7-9,12-16H2/t18-,19+,20-,22+,24-/m0/s1. The summed E-state index contributed by atoms with van der Waals surface area (Å²) in [5.41, 5.74) is 1.52. The van der Waals surface area contributed by atoms with Gasteiger partial charge in [-0.3, -0.25) is 14.5 Å². The van der Waals surface area contributed by atoms with Crippen LogP contribution in [0.2, 0.25) is 0 Å². The van der Waals surface area contributed by atoms with Crippen molar-refractivity contribution in [1.82, 2.24) is 14.7 Å². The first-order valence-corrected chi connectivity index (χ1v) is 12.2. The van der Waals surface area contributed by atoms with Gasteiger partial charge in [0.05, 0.1) is 24.8 Å². The average Bonchev–Trinajstić information content (AvgIpc) is 3.43. The number of carbonyl (C=O) groups is 2. The average molecular weight is 424 g/mol. The fraction of sp³-hybridized carbons (Fsp3) is 0.680. The van der Waals surface area contributed by atoms with Gasteiger partial charge in [-0.15, -0.1) is 0 Å². The van der Waals surface area contributed by atoms with Crippen LogP contribution in [0.4, 0.5) is 0 Å². The Kier molecular flexibility index (Phi) is 4.93. The highest BCUT2D eigenvalue weighted by Crippen LogP contribution is 2.45. The Bertz CT molecular complexity index is 879. The van der Waals surface area contributed by atoms with Crippen LogP contribution in [0.5, 0.6) is 0 Å². The first-order valence-electron chi connectivity index (χ1n) is 12.2. The molecule has 0 N–H and O–H groups in total. The van der Waals surface area contributed by atoms with Crippen molar-refractivity contribution in [3.8, 4) is 0 Å². The molecular formula is C25H33N3O3. The highest BCUT2D eigenvalue weighted by atomic mass is 16.3. The number of nitrogens with zero attached hydrogens (tertiary/aromatic N) is 3. The van der Waals surface area contributed by atoms with Gasteiger partial charge in [0.25, 0.3) is 0 Å². The Morgan fingerprint density at radius 3 is 2.97 bits per heavy atom. The number of amides is 2. The normalized spacial score (nSPS) is 35.5. The third-order valence-electron chi connectivity index (χ3n) is 8.43. The van der Waals surface area contributed by atoms with Gasteiger partial charge in [-0.05, 0) is 62.6 Å². The van der Waals surface area contributed by atoms with E-state index >= 15 is 0 Å². The van der Waals surface area contributed by atoms with Crippen molar-refractivity contribution in [1.29, 1.82) is 0 Å². The van der Waals surface area contributed by atoms with Crippen molar-refractivity contribution >= 4 is 11.8 Å². The molecule has 31 heavy (non-hydrogen) atoms. The van der Waals surface area contributed by atoms with Gasteiger partial charge in [0.2, 0.25) is 11.8 Å². The summed E-state index contributed by atoms with van der Waals surface area (Å²) in [6, 6.07) is 4.72. The van der Waals surface area contributed by atoms with Gasteiger partial charge in [-0.2, -0.15) is 0 Å². The van der Waals surface area contributed by atoms with Crippen LogP contribution >= 0.6 is 0 Å². The van der Waals surface area contributed by atoms with E-state index in [1.807, 2.05) is 12.1 Å². The zero-order valence-corrected chi connectivity index (χ0v) is 18.2. The molecule has 0 saturated carbocycles. The zero-order chi connectivity index (χ0) is 20.9. The molecule has 2 bridgehead atoms. The van der Waals surface area contributed by atoms with Gasteiger partial charge in [-0.25, -0.2) is 0 Å². The number of hydrogen-bond donors (Lipinski definition) is 0. The minimum absolute atomic E-state index is 0.0695. The number of rotatable bonds is 3. The molecule has 0 aromatic carbocycles. The molecule has 0 radical (unpaired) electrons. The summed E-state index contributed by atoms with van der Waals surface area (Å²) < 4.78 is 5.41. The van der Waals surface area contributed by atoms with Gasteiger partial charge >= 0.3 is 0 Å². The highest BCUT2D eigenvalue weighted by molar-refractivity contribution is 5.89. The number of hydrogen-bond acceptors (Lipinski definition) is 4. The van der Waals surface area contributed by atoms with Crippen LogP contribution in [0.15, 0.2) is 34.5 Å². The van der Waals surface area contributed by atoms with Crippen molar-refractivity contribution in [2.75, 3.05) is 26.2 Å². The van der Waals surface area contributed by atoms with Gasteiger partial charge in [0, 0.05) is 32.1 Å². The number of piperidine rings is 3. The molecule has 1 aliphatic carbocycles. The first-order chi connectivity index (χ1) is 15.2. The maximum absolute atomic E-state index is 13.7. The number of furan rings is 1. The van der Waals surface area contributed by atoms with Crippen LogP contribution < -0.4 is 0 Å². The summed E-state index contributed by atoms with van der Waals surface area (Å²) in [6.45, 7) is 4.18. The first kappa shape index (κ1) is 19.6. The second-order valence-electron chi connectivity index (χ2n) is 10.3. The summed E-state index contributed by atoms with van der Waals surface area (Å²) in [6.07, 6.45) is 12.0. The minimum Gasteiger partial charge on any atom is -0.467 e. The lowest BCUT2D eigenvalue weighted by molar-refractivity contribution is -0.140. The molecule has 2 amide bonds. The molecule has 5 atom stereocenters. The number of carbonyl (C=O) groups excluding carboxylic acids is 2. The molecule has 1 aromatic rings. The summed E-state index contributed by atoms with van der Waals surface area (Å²) in [5.74, 6) is 2.06. The lowest BCUT2D eigenvalue weighted by atomic mass is 9.68. The molecule has 5 aliphatic rings. The Balaban J connectivity index is 1.20. The van der Waals surface area contributed by atoms with Crippen molar-refractivity contribution in [3.05, 3.63) is 35.8 Å². The third-order valence-corrected chi connectivity index (χ3v) is 8.43. The fourth-order valence-corrected chi connectivity index (χ4v) is 7.14. The van der Waals surface area contributed by atoms with Crippen molar-refractivity contribution in [2.24, 2.45) is 17.8 Å². The zero-order valence-electron chi connectivity index (χ0n) is 18.2. The molecule has 0 spiro atoms. The molecule has 1 aromatic heterocycles. The molecule has 0 unspecified atom stereocenters. The Labute approximate surface area is 184 Å². The molecule has 4 fully saturated rings. The molecule has 4 saturated heterocycles. The van der Waals surface area contributed by atoms with Crippen LogP contribution in [0, 0.1) is 17.8 Å². The summed E-state index contributed by atoms with van der Waals surface area (Å²) in [7, 11) is 0. The molecule has 5 heterocycles. The SMILES string of the molecule is O=C1C[C@H](C(=O)N2CCCC3=C[C@H]4C[C@H](CN5CCCC[C@H]45)[C@H]32)CN1Cc1ccco1. The van der Waals surface area contributed by atoms with E-state index in [1.165, 1.54) is 37.8 Å². The van der Waals surface area contributed by atoms with E-state index in [0.717, 1.165) is 37.7 Å². The van der Waals surface area contributed by atoms with Gasteiger partial charge < -0.3 is 14.2 Å². The van der Waals surface area contributed by atoms with Gasteiger partial charge in [-0.1, -0.05) is 18.1 Å². The summed E-state index contributed by atoms with van der Waals surface area (Å²) in [5, 5.41) is 0. The van der Waals surface area contributed by atoms with Crippen LogP contribution in [-0.4, -0.2) is 64.8 Å². The van der Waals surface area contributed by atoms with Crippen molar-refractivity contribution in [3.63, 3.8) is 0 Å². The monoisotopic (exact) mass is 423 g/mol. The molecular weight excluding hydrogens is 390 g/mol. The summed E-state index contributed by atoms with van der Waals surface area (Å²) >= 11 is 0. The van der Waals surface area contributed by atoms with Gasteiger partial charge in [0.1, 0.15) is 5.76 Å². The van der Waals surface area contributed by atoms with Crippen molar-refractivity contribution in [2.45, 2.75) is 63.6 Å². The number of likely N-dealkylation sites (tertiary alicyclic amines) is 2. The lowest BCUT2D eigenvalue weighted by Crippen LogP contribution is -2.60. The Morgan fingerprint density at radius 1 is 1.16 bits per heavy atom. The quantitative estimate of drug-likeness (QED) is 0.702. The molecule has 6 heteroatoms. The van der Waals surface area contributed by atoms with E-state index < -0.39 is 0 Å². The van der Waals surface area contributed by atoms with E-state index in [-0.39, 0.29) is 23.8 Å². The largest absolute Gasteiger partial charge is 0.467 e. The second-order valence-corrected chi connectivity index (χ2v) is 10.3. The van der Waals surface area contributed by atoms with Crippen LogP contribution in [0.25, 0.3) is 0 Å². The smallest absolute Gasteiger partial charge is 0.228 e. The minimum atomic E-state index is -0.217. The van der Waals surface area contributed by atoms with E-state index in [9.17, 15) is 9.59 Å². The Hall–Kier alpha value is -2.08. The summed E-state index contributed by atoms with van der Waals surface area (Å²) in [4.78, 5) is 33.0. The van der Waals surface area contributed by atoms with E-state index in [4.69, 9.17) is 4.42 Å². The Morgan fingerprint density at radius 2 is 2.10 bits per heavy atom. The molecule has 6 nitrogen and oxygen atoms in total. The topological polar surface area (TPSA) is 57.0 Å². The van der Waals surface area contributed by atoms with Crippen LogP contribution in [0.1, 0.15) is 50.7 Å².